The molecule has 0 saturated heterocycles. The molecule has 0 spiro atoms. The van der Waals surface area contributed by atoms with Gasteiger partial charge in [0.05, 0.1) is 10.6 Å². The summed E-state index contributed by atoms with van der Waals surface area (Å²) in [5.74, 6) is 1.23. The Morgan fingerprint density at radius 3 is 2.82 bits per heavy atom. The lowest BCUT2D eigenvalue weighted by Crippen LogP contribution is -2.43. The molecule has 4 nitrogen and oxygen atoms in total. The van der Waals surface area contributed by atoms with Crippen molar-refractivity contribution in [3.8, 4) is 0 Å². The van der Waals surface area contributed by atoms with Gasteiger partial charge in [0.15, 0.2) is 0 Å². The van der Waals surface area contributed by atoms with Gasteiger partial charge >= 0.3 is 0 Å². The molecule has 92 valence electrons. The van der Waals surface area contributed by atoms with Crippen molar-refractivity contribution in [2.24, 2.45) is 5.92 Å². The molecule has 2 N–H and O–H groups in total. The van der Waals surface area contributed by atoms with E-state index in [0.29, 0.717) is 28.4 Å². The molecule has 1 amide bonds. The lowest BCUT2D eigenvalue weighted by molar-refractivity contribution is 0.0896. The number of hydrogen-bond acceptors (Lipinski definition) is 3. The fourth-order valence-corrected chi connectivity index (χ4v) is 2.22. The van der Waals surface area contributed by atoms with E-state index in [0.717, 1.165) is 12.8 Å². The minimum Gasteiger partial charge on any atom is -0.373 e. The van der Waals surface area contributed by atoms with Crippen LogP contribution in [0.2, 0.25) is 5.02 Å². The van der Waals surface area contributed by atoms with Crippen LogP contribution >= 0.6 is 11.6 Å². The maximum Gasteiger partial charge on any atom is 0.253 e. The number of carbonyl (C=O) groups is 1. The number of carbonyl (C=O) groups excluding carboxylic acids is 1. The number of halogens is 1. The van der Waals surface area contributed by atoms with Gasteiger partial charge in [-0.05, 0) is 24.8 Å². The van der Waals surface area contributed by atoms with Crippen molar-refractivity contribution in [2.45, 2.75) is 25.8 Å². The van der Waals surface area contributed by atoms with Gasteiger partial charge in [-0.15, -0.1) is 0 Å². The quantitative estimate of drug-likeness (QED) is 0.869. The van der Waals surface area contributed by atoms with Gasteiger partial charge in [0.1, 0.15) is 5.82 Å². The Labute approximate surface area is 106 Å². The van der Waals surface area contributed by atoms with Gasteiger partial charge in [0.25, 0.3) is 5.91 Å². The van der Waals surface area contributed by atoms with Crippen molar-refractivity contribution in [1.82, 2.24) is 10.3 Å². The fourth-order valence-electron chi connectivity index (χ4n) is 2.03. The second kappa shape index (κ2) is 4.92. The van der Waals surface area contributed by atoms with E-state index in [4.69, 9.17) is 11.6 Å². The summed E-state index contributed by atoms with van der Waals surface area (Å²) in [7, 11) is 1.76. The number of nitrogens with one attached hydrogen (secondary N) is 2. The molecule has 0 unspecified atom stereocenters. The molecule has 2 rings (SSSR count). The molecule has 1 aromatic rings. The Kier molecular flexibility index (Phi) is 3.52. The smallest absolute Gasteiger partial charge is 0.253 e. The van der Waals surface area contributed by atoms with E-state index in [1.807, 2.05) is 0 Å². The monoisotopic (exact) mass is 253 g/mol. The third-order valence-corrected chi connectivity index (χ3v) is 3.37. The third kappa shape index (κ3) is 2.69. The highest BCUT2D eigenvalue weighted by Crippen LogP contribution is 2.27. The highest BCUT2D eigenvalue weighted by atomic mass is 35.5. The molecule has 1 aliphatic rings. The normalized spacial score (nSPS) is 22.8. The molecule has 1 saturated carbocycles. The van der Waals surface area contributed by atoms with E-state index < -0.39 is 0 Å². The summed E-state index contributed by atoms with van der Waals surface area (Å²) in [6, 6.07) is 1.96. The maximum atomic E-state index is 12.0. The number of anilines is 1. The SMILES string of the molecule is CNc1cc(C(=O)NC2CC(C)C2)c(Cl)cn1. The first kappa shape index (κ1) is 12.2. The van der Waals surface area contributed by atoms with Gasteiger partial charge in [-0.25, -0.2) is 4.98 Å². The number of pyridine rings is 1. The van der Waals surface area contributed by atoms with E-state index >= 15 is 0 Å². The highest BCUT2D eigenvalue weighted by Gasteiger charge is 2.27. The minimum absolute atomic E-state index is 0.120. The van der Waals surface area contributed by atoms with Crippen LogP contribution in [0.15, 0.2) is 12.3 Å². The molecule has 1 aliphatic carbocycles. The predicted molar refractivity (Wildman–Crippen MR) is 68.4 cm³/mol. The second-order valence-corrected chi connectivity index (χ2v) is 4.95. The van der Waals surface area contributed by atoms with Crippen LogP contribution in [-0.4, -0.2) is 24.0 Å². The summed E-state index contributed by atoms with van der Waals surface area (Å²) in [6.45, 7) is 2.18. The van der Waals surface area contributed by atoms with E-state index in [1.54, 1.807) is 13.1 Å². The molecular weight excluding hydrogens is 238 g/mol. The van der Waals surface area contributed by atoms with Gasteiger partial charge in [-0.2, -0.15) is 0 Å². The largest absolute Gasteiger partial charge is 0.373 e. The highest BCUT2D eigenvalue weighted by molar-refractivity contribution is 6.33. The first-order valence-electron chi connectivity index (χ1n) is 5.74. The minimum atomic E-state index is -0.120. The average molecular weight is 254 g/mol. The first-order valence-corrected chi connectivity index (χ1v) is 6.12. The maximum absolute atomic E-state index is 12.0. The number of nitrogens with zero attached hydrogens (tertiary/aromatic N) is 1. The van der Waals surface area contributed by atoms with E-state index in [9.17, 15) is 4.79 Å². The molecule has 0 aromatic carbocycles. The predicted octanol–water partition coefficient (Wildman–Crippen LogP) is 2.31. The molecule has 17 heavy (non-hydrogen) atoms. The molecule has 0 aliphatic heterocycles. The van der Waals surface area contributed by atoms with Gasteiger partial charge in [-0.1, -0.05) is 18.5 Å². The number of amides is 1. The van der Waals surface area contributed by atoms with Crippen molar-refractivity contribution >= 4 is 23.3 Å². The Bertz CT molecular complexity index is 430. The summed E-state index contributed by atoms with van der Waals surface area (Å²) in [6.07, 6.45) is 3.59. The molecule has 5 heteroatoms. The zero-order chi connectivity index (χ0) is 12.4. The zero-order valence-corrected chi connectivity index (χ0v) is 10.7. The summed E-state index contributed by atoms with van der Waals surface area (Å²) in [5.41, 5.74) is 0.477. The van der Waals surface area contributed by atoms with Crippen molar-refractivity contribution in [3.63, 3.8) is 0 Å². The Hall–Kier alpha value is -1.29. The van der Waals surface area contributed by atoms with Gasteiger partial charge < -0.3 is 10.6 Å². The van der Waals surface area contributed by atoms with Crippen molar-refractivity contribution in [2.75, 3.05) is 12.4 Å². The van der Waals surface area contributed by atoms with E-state index in [1.165, 1.54) is 6.20 Å². The van der Waals surface area contributed by atoms with Crippen molar-refractivity contribution in [3.05, 3.63) is 22.8 Å². The molecule has 0 bridgehead atoms. The number of hydrogen-bond donors (Lipinski definition) is 2. The average Bonchev–Trinajstić information content (AvgIpc) is 2.27. The van der Waals surface area contributed by atoms with Crippen molar-refractivity contribution in [1.29, 1.82) is 0 Å². The Morgan fingerprint density at radius 1 is 1.53 bits per heavy atom. The summed E-state index contributed by atoms with van der Waals surface area (Å²) >= 11 is 5.97. The van der Waals surface area contributed by atoms with Crippen LogP contribution in [0, 0.1) is 5.92 Å². The molecule has 0 radical (unpaired) electrons. The molecular formula is C12H16ClN3O. The summed E-state index contributed by atoms with van der Waals surface area (Å²) < 4.78 is 0. The Morgan fingerprint density at radius 2 is 2.24 bits per heavy atom. The molecule has 1 aromatic heterocycles. The van der Waals surface area contributed by atoms with Gasteiger partial charge in [0.2, 0.25) is 0 Å². The van der Waals surface area contributed by atoms with E-state index in [2.05, 4.69) is 22.5 Å². The van der Waals surface area contributed by atoms with Crippen LogP contribution in [0.25, 0.3) is 0 Å². The molecule has 1 heterocycles. The van der Waals surface area contributed by atoms with Crippen LogP contribution in [0.4, 0.5) is 5.82 Å². The summed E-state index contributed by atoms with van der Waals surface area (Å²) in [4.78, 5) is 16.0. The van der Waals surface area contributed by atoms with Gasteiger partial charge in [0, 0.05) is 19.3 Å². The van der Waals surface area contributed by atoms with Crippen LogP contribution in [0.1, 0.15) is 30.1 Å². The lowest BCUT2D eigenvalue weighted by atomic mass is 9.82. The topological polar surface area (TPSA) is 54.0 Å². The van der Waals surface area contributed by atoms with Crippen LogP contribution in [-0.2, 0) is 0 Å². The summed E-state index contributed by atoms with van der Waals surface area (Å²) in [5, 5.41) is 6.25. The number of aromatic nitrogens is 1. The van der Waals surface area contributed by atoms with E-state index in [-0.39, 0.29) is 5.91 Å². The van der Waals surface area contributed by atoms with Crippen LogP contribution < -0.4 is 10.6 Å². The Balaban J connectivity index is 2.07. The van der Waals surface area contributed by atoms with Crippen LogP contribution in [0.5, 0.6) is 0 Å². The van der Waals surface area contributed by atoms with Crippen molar-refractivity contribution < 1.29 is 4.79 Å². The lowest BCUT2D eigenvalue weighted by Gasteiger charge is -2.33. The third-order valence-electron chi connectivity index (χ3n) is 3.07. The number of rotatable bonds is 3. The fraction of sp³-hybridized carbons (Fsp3) is 0.500. The first-order chi connectivity index (χ1) is 8.10. The molecule has 0 atom stereocenters. The zero-order valence-electron chi connectivity index (χ0n) is 9.96. The van der Waals surface area contributed by atoms with Gasteiger partial charge in [-0.3, -0.25) is 4.79 Å². The second-order valence-electron chi connectivity index (χ2n) is 4.55. The van der Waals surface area contributed by atoms with Crippen LogP contribution in [0.3, 0.4) is 0 Å². The standard InChI is InChI=1S/C12H16ClN3O/c1-7-3-8(4-7)16-12(17)9-5-11(14-2)15-6-10(9)13/h5-8H,3-4H2,1-2H3,(H,14,15)(H,16,17). The molecule has 1 fully saturated rings.